The van der Waals surface area contributed by atoms with Crippen molar-refractivity contribution in [3.63, 3.8) is 0 Å². The normalized spacial score (nSPS) is 20.9. The number of aliphatic hydroxyl groups is 1. The van der Waals surface area contributed by atoms with E-state index in [0.29, 0.717) is 11.3 Å². The molecule has 1 amide bonds. The maximum absolute atomic E-state index is 12.0. The van der Waals surface area contributed by atoms with Gasteiger partial charge in [-0.2, -0.15) is 0 Å². The summed E-state index contributed by atoms with van der Waals surface area (Å²) in [7, 11) is 0. The number of fused-ring (bicyclic) bond motifs is 1. The molecular weight excluding hydrogens is 250 g/mol. The number of rotatable bonds is 3. The summed E-state index contributed by atoms with van der Waals surface area (Å²) in [6.45, 7) is 0. The molecule has 3 heteroatoms. The number of carbonyl (C=O) groups is 1. The summed E-state index contributed by atoms with van der Waals surface area (Å²) in [5.74, 6) is -0.364. The van der Waals surface area contributed by atoms with Crippen LogP contribution >= 0.6 is 0 Å². The lowest BCUT2D eigenvalue weighted by molar-refractivity contribution is -0.133. The average Bonchev–Trinajstić information content (AvgIpc) is 2.72. The van der Waals surface area contributed by atoms with Gasteiger partial charge in [0.05, 0.1) is 0 Å². The van der Waals surface area contributed by atoms with Gasteiger partial charge in [-0.1, -0.05) is 60.7 Å². The van der Waals surface area contributed by atoms with Crippen LogP contribution in [-0.2, 0) is 10.4 Å². The molecule has 1 aliphatic heterocycles. The number of nitrogens with one attached hydrogen (secondary N) is 1. The average molecular weight is 265 g/mol. The molecule has 0 saturated carbocycles. The third kappa shape index (κ3) is 2.12. The molecule has 0 aromatic heterocycles. The van der Waals surface area contributed by atoms with Crippen LogP contribution in [0.25, 0.3) is 6.08 Å². The third-order valence-corrected chi connectivity index (χ3v) is 3.52. The second kappa shape index (κ2) is 4.94. The van der Waals surface area contributed by atoms with Crippen molar-refractivity contribution in [2.75, 3.05) is 5.32 Å². The van der Waals surface area contributed by atoms with Crippen LogP contribution in [0.5, 0.6) is 0 Å². The molecule has 20 heavy (non-hydrogen) atoms. The van der Waals surface area contributed by atoms with Crippen LogP contribution < -0.4 is 5.32 Å². The van der Waals surface area contributed by atoms with E-state index in [1.54, 1.807) is 12.1 Å². The fourth-order valence-corrected chi connectivity index (χ4v) is 2.43. The molecule has 1 heterocycles. The number of amides is 1. The summed E-state index contributed by atoms with van der Waals surface area (Å²) in [5.41, 5.74) is 0.903. The molecule has 0 aliphatic carbocycles. The lowest BCUT2D eigenvalue weighted by Crippen LogP contribution is -2.33. The van der Waals surface area contributed by atoms with Crippen LogP contribution in [-0.4, -0.2) is 11.0 Å². The summed E-state index contributed by atoms with van der Waals surface area (Å²) in [4.78, 5) is 12.0. The van der Waals surface area contributed by atoms with Gasteiger partial charge in [0, 0.05) is 17.7 Å². The molecule has 100 valence electrons. The van der Waals surface area contributed by atoms with Crippen LogP contribution in [0.1, 0.15) is 17.5 Å². The van der Waals surface area contributed by atoms with E-state index in [0.717, 1.165) is 5.56 Å². The number of benzene rings is 2. The van der Waals surface area contributed by atoms with E-state index < -0.39 is 5.60 Å². The zero-order valence-electron chi connectivity index (χ0n) is 10.9. The van der Waals surface area contributed by atoms with Crippen LogP contribution in [0.15, 0.2) is 60.7 Å². The van der Waals surface area contributed by atoms with Crippen molar-refractivity contribution in [1.29, 1.82) is 0 Å². The minimum absolute atomic E-state index is 0.255. The maximum Gasteiger partial charge on any atom is 0.261 e. The Bertz CT molecular complexity index is 664. The minimum Gasteiger partial charge on any atom is -0.375 e. The maximum atomic E-state index is 12.0. The summed E-state index contributed by atoms with van der Waals surface area (Å²) >= 11 is 0. The summed E-state index contributed by atoms with van der Waals surface area (Å²) in [6.07, 6.45) is 3.99. The number of para-hydroxylation sites is 1. The van der Waals surface area contributed by atoms with E-state index in [9.17, 15) is 9.90 Å². The molecule has 2 aromatic carbocycles. The summed E-state index contributed by atoms with van der Waals surface area (Å²) in [5, 5.41) is 13.3. The molecule has 0 spiro atoms. The summed E-state index contributed by atoms with van der Waals surface area (Å²) < 4.78 is 0. The van der Waals surface area contributed by atoms with Crippen molar-refractivity contribution in [2.24, 2.45) is 0 Å². The van der Waals surface area contributed by atoms with Crippen LogP contribution in [0, 0.1) is 0 Å². The quantitative estimate of drug-likeness (QED) is 0.896. The van der Waals surface area contributed by atoms with E-state index in [2.05, 4.69) is 5.32 Å². The second-order valence-electron chi connectivity index (χ2n) is 4.88. The molecular formula is C17H15NO2. The van der Waals surface area contributed by atoms with Gasteiger partial charge in [0.2, 0.25) is 0 Å². The van der Waals surface area contributed by atoms with Gasteiger partial charge < -0.3 is 10.4 Å². The molecule has 1 aliphatic rings. The topological polar surface area (TPSA) is 49.3 Å². The predicted octanol–water partition coefficient (Wildman–Crippen LogP) is 2.93. The number of hydrogen-bond acceptors (Lipinski definition) is 2. The van der Waals surface area contributed by atoms with Crippen molar-refractivity contribution in [1.82, 2.24) is 0 Å². The fourth-order valence-electron chi connectivity index (χ4n) is 2.43. The zero-order chi connectivity index (χ0) is 14.0. The van der Waals surface area contributed by atoms with Crippen molar-refractivity contribution >= 4 is 17.7 Å². The molecule has 3 rings (SSSR count). The highest BCUT2D eigenvalue weighted by atomic mass is 16.3. The predicted molar refractivity (Wildman–Crippen MR) is 79.1 cm³/mol. The monoisotopic (exact) mass is 265 g/mol. The standard InChI is InChI=1S/C17H15NO2/c19-16-17(20,14-10-4-5-11-15(14)18-16)12-6-9-13-7-2-1-3-8-13/h1-11,20H,12H2,(H,18,19)/b9-6+/t17-/m1/s1. The van der Waals surface area contributed by atoms with Gasteiger partial charge in [0.15, 0.2) is 5.60 Å². The fraction of sp³-hybridized carbons (Fsp3) is 0.118. The molecule has 0 bridgehead atoms. The first-order valence-electron chi connectivity index (χ1n) is 6.55. The Morgan fingerprint density at radius 3 is 2.55 bits per heavy atom. The Morgan fingerprint density at radius 2 is 1.75 bits per heavy atom. The smallest absolute Gasteiger partial charge is 0.261 e. The van der Waals surface area contributed by atoms with E-state index in [4.69, 9.17) is 0 Å². The Kier molecular flexibility index (Phi) is 3.12. The van der Waals surface area contributed by atoms with Crippen LogP contribution in [0.2, 0.25) is 0 Å². The second-order valence-corrected chi connectivity index (χ2v) is 4.88. The van der Waals surface area contributed by atoms with Gasteiger partial charge in [-0.15, -0.1) is 0 Å². The zero-order valence-corrected chi connectivity index (χ0v) is 10.9. The molecule has 2 aromatic rings. The largest absolute Gasteiger partial charge is 0.375 e. The highest BCUT2D eigenvalue weighted by Crippen LogP contribution is 2.38. The number of carbonyl (C=O) groups excluding carboxylic acids is 1. The molecule has 3 nitrogen and oxygen atoms in total. The van der Waals surface area contributed by atoms with Crippen LogP contribution in [0.4, 0.5) is 5.69 Å². The van der Waals surface area contributed by atoms with Crippen LogP contribution in [0.3, 0.4) is 0 Å². The lowest BCUT2D eigenvalue weighted by Gasteiger charge is -2.18. The first-order chi connectivity index (χ1) is 9.70. The van der Waals surface area contributed by atoms with Crippen molar-refractivity contribution in [3.8, 4) is 0 Å². The van der Waals surface area contributed by atoms with Gasteiger partial charge in [0.25, 0.3) is 5.91 Å². The Morgan fingerprint density at radius 1 is 1.05 bits per heavy atom. The highest BCUT2D eigenvalue weighted by Gasteiger charge is 2.43. The van der Waals surface area contributed by atoms with E-state index in [1.165, 1.54) is 0 Å². The molecule has 0 radical (unpaired) electrons. The first kappa shape index (κ1) is 12.6. The molecule has 0 saturated heterocycles. The minimum atomic E-state index is -1.47. The Balaban J connectivity index is 1.83. The number of anilines is 1. The SMILES string of the molecule is O=C1Nc2ccccc2[C@]1(O)C/C=C/c1ccccc1. The van der Waals surface area contributed by atoms with Gasteiger partial charge in [-0.25, -0.2) is 0 Å². The van der Waals surface area contributed by atoms with E-state index in [1.807, 2.05) is 54.6 Å². The molecule has 0 unspecified atom stereocenters. The molecule has 1 atom stereocenters. The van der Waals surface area contributed by atoms with E-state index in [-0.39, 0.29) is 12.3 Å². The highest BCUT2D eigenvalue weighted by molar-refractivity contribution is 6.05. The Hall–Kier alpha value is -2.39. The first-order valence-corrected chi connectivity index (χ1v) is 6.55. The van der Waals surface area contributed by atoms with Crippen molar-refractivity contribution < 1.29 is 9.90 Å². The molecule has 0 fully saturated rings. The number of hydrogen-bond donors (Lipinski definition) is 2. The van der Waals surface area contributed by atoms with Crippen molar-refractivity contribution in [3.05, 3.63) is 71.8 Å². The van der Waals surface area contributed by atoms with Gasteiger partial charge in [-0.3, -0.25) is 4.79 Å². The Labute approximate surface area is 117 Å². The lowest BCUT2D eigenvalue weighted by atomic mass is 9.91. The summed E-state index contributed by atoms with van der Waals surface area (Å²) in [6, 6.07) is 17.0. The van der Waals surface area contributed by atoms with Crippen molar-refractivity contribution in [2.45, 2.75) is 12.0 Å². The van der Waals surface area contributed by atoms with Gasteiger partial charge in [-0.05, 0) is 11.6 Å². The van der Waals surface area contributed by atoms with Gasteiger partial charge in [0.1, 0.15) is 0 Å². The third-order valence-electron chi connectivity index (χ3n) is 3.52. The van der Waals surface area contributed by atoms with E-state index >= 15 is 0 Å². The molecule has 2 N–H and O–H groups in total. The van der Waals surface area contributed by atoms with Gasteiger partial charge >= 0.3 is 0 Å².